The summed E-state index contributed by atoms with van der Waals surface area (Å²) in [6.45, 7) is 0.292. The lowest BCUT2D eigenvalue weighted by molar-refractivity contribution is -0.141. The molecule has 1 saturated heterocycles. The number of carbonyl (C=O) groups excluding carboxylic acids is 1. The lowest BCUT2D eigenvalue weighted by atomic mass is 9.85. The molecule has 26 heavy (non-hydrogen) atoms. The van der Waals surface area contributed by atoms with Crippen molar-refractivity contribution in [1.29, 1.82) is 0 Å². The van der Waals surface area contributed by atoms with Crippen molar-refractivity contribution in [3.05, 3.63) is 59.7 Å². The van der Waals surface area contributed by atoms with Crippen LogP contribution in [0.3, 0.4) is 0 Å². The molecule has 1 fully saturated rings. The Morgan fingerprint density at radius 1 is 1.08 bits per heavy atom. The van der Waals surface area contributed by atoms with E-state index in [1.54, 1.807) is 30.3 Å². The Kier molecular flexibility index (Phi) is 5.15. The molecule has 1 aliphatic rings. The summed E-state index contributed by atoms with van der Waals surface area (Å²) in [6, 6.07) is 13.0. The highest BCUT2D eigenvalue weighted by atomic mass is 32.3. The molecule has 1 heterocycles. The standard InChI is InChI=1S/C18H18O7S/c19-15-5-1-3-12(8-15)7-14-11-24-18(20)17(14)10-13-4-2-6-16(9-13)25-26(21,22)23/h1-6,8-9,14,17,19H,7,10-11H2,(H,21,22,23)/t14-,17+/m1/s1. The van der Waals surface area contributed by atoms with Crippen LogP contribution >= 0.6 is 0 Å². The van der Waals surface area contributed by atoms with Crippen molar-refractivity contribution in [2.75, 3.05) is 6.61 Å². The third kappa shape index (κ3) is 4.74. The molecular weight excluding hydrogens is 360 g/mol. The van der Waals surface area contributed by atoms with Gasteiger partial charge < -0.3 is 14.0 Å². The molecule has 0 saturated carbocycles. The summed E-state index contributed by atoms with van der Waals surface area (Å²) in [5.41, 5.74) is 1.60. The van der Waals surface area contributed by atoms with E-state index >= 15 is 0 Å². The minimum absolute atomic E-state index is 0.0269. The van der Waals surface area contributed by atoms with Gasteiger partial charge in [-0.3, -0.25) is 9.35 Å². The molecule has 0 aromatic heterocycles. The second-order valence-electron chi connectivity index (χ2n) is 6.23. The zero-order valence-electron chi connectivity index (χ0n) is 13.7. The van der Waals surface area contributed by atoms with Crippen molar-refractivity contribution >= 4 is 16.4 Å². The average molecular weight is 378 g/mol. The van der Waals surface area contributed by atoms with Crippen molar-refractivity contribution in [2.45, 2.75) is 12.8 Å². The highest BCUT2D eigenvalue weighted by molar-refractivity contribution is 7.81. The molecule has 0 spiro atoms. The van der Waals surface area contributed by atoms with Gasteiger partial charge in [0.05, 0.1) is 12.5 Å². The molecule has 2 atom stereocenters. The van der Waals surface area contributed by atoms with Gasteiger partial charge in [-0.25, -0.2) is 0 Å². The van der Waals surface area contributed by atoms with E-state index in [1.807, 2.05) is 6.07 Å². The number of ether oxygens (including phenoxy) is 1. The highest BCUT2D eigenvalue weighted by Gasteiger charge is 2.36. The first-order valence-electron chi connectivity index (χ1n) is 8.00. The van der Waals surface area contributed by atoms with Crippen LogP contribution in [0.4, 0.5) is 0 Å². The zero-order valence-corrected chi connectivity index (χ0v) is 14.6. The SMILES string of the molecule is O=C1OC[C@@H](Cc2cccc(O)c2)[C@@H]1Cc1cccc(OS(=O)(=O)O)c1. The quantitative estimate of drug-likeness (QED) is 0.585. The van der Waals surface area contributed by atoms with Gasteiger partial charge in [-0.1, -0.05) is 24.3 Å². The topological polar surface area (TPSA) is 110 Å². The van der Waals surface area contributed by atoms with E-state index in [4.69, 9.17) is 9.29 Å². The summed E-state index contributed by atoms with van der Waals surface area (Å²) in [5.74, 6) is -0.620. The van der Waals surface area contributed by atoms with Crippen LogP contribution in [0.25, 0.3) is 0 Å². The number of phenolic OH excluding ortho intramolecular Hbond substituents is 1. The Morgan fingerprint density at radius 3 is 2.46 bits per heavy atom. The summed E-state index contributed by atoms with van der Waals surface area (Å²) < 4.78 is 40.1. The molecule has 3 rings (SSSR count). The third-order valence-electron chi connectivity index (χ3n) is 4.28. The maximum atomic E-state index is 12.1. The lowest BCUT2D eigenvalue weighted by Crippen LogP contribution is -2.20. The molecule has 7 nitrogen and oxygen atoms in total. The van der Waals surface area contributed by atoms with E-state index in [2.05, 4.69) is 4.18 Å². The fraction of sp³-hybridized carbons (Fsp3) is 0.278. The summed E-state index contributed by atoms with van der Waals surface area (Å²) in [4.78, 5) is 12.1. The number of phenols is 1. The number of hydrogen-bond acceptors (Lipinski definition) is 6. The second kappa shape index (κ2) is 7.35. The Hall–Kier alpha value is -2.58. The number of rotatable bonds is 6. The molecule has 2 aromatic carbocycles. The molecule has 1 aliphatic heterocycles. The number of hydrogen-bond donors (Lipinski definition) is 2. The third-order valence-corrected chi connectivity index (χ3v) is 4.68. The van der Waals surface area contributed by atoms with Gasteiger partial charge in [-0.2, -0.15) is 8.42 Å². The normalized spacial score (nSPS) is 20.0. The van der Waals surface area contributed by atoms with Gasteiger partial charge in [0.1, 0.15) is 11.5 Å². The van der Waals surface area contributed by atoms with Crippen molar-refractivity contribution in [3.63, 3.8) is 0 Å². The Bertz CT molecular complexity index is 907. The van der Waals surface area contributed by atoms with E-state index in [0.717, 1.165) is 5.56 Å². The van der Waals surface area contributed by atoms with Gasteiger partial charge in [0, 0.05) is 5.92 Å². The predicted octanol–water partition coefficient (Wildman–Crippen LogP) is 2.15. The summed E-state index contributed by atoms with van der Waals surface area (Å²) in [5, 5.41) is 9.58. The number of carbonyl (C=O) groups is 1. The van der Waals surface area contributed by atoms with Crippen molar-refractivity contribution in [1.82, 2.24) is 0 Å². The largest absolute Gasteiger partial charge is 0.508 e. The van der Waals surface area contributed by atoms with Crippen molar-refractivity contribution in [2.24, 2.45) is 11.8 Å². The fourth-order valence-electron chi connectivity index (χ4n) is 3.14. The van der Waals surface area contributed by atoms with Crippen LogP contribution in [-0.2, 0) is 32.8 Å². The van der Waals surface area contributed by atoms with Crippen LogP contribution in [0.5, 0.6) is 11.5 Å². The summed E-state index contributed by atoms with van der Waals surface area (Å²) >= 11 is 0. The van der Waals surface area contributed by atoms with Gasteiger partial charge in [-0.05, 0) is 48.2 Å². The van der Waals surface area contributed by atoms with Crippen LogP contribution < -0.4 is 4.18 Å². The molecule has 2 N–H and O–H groups in total. The number of benzene rings is 2. The average Bonchev–Trinajstić information content (AvgIpc) is 2.87. The molecule has 0 bridgehead atoms. The molecule has 8 heteroatoms. The van der Waals surface area contributed by atoms with E-state index in [-0.39, 0.29) is 23.4 Å². The first-order valence-corrected chi connectivity index (χ1v) is 9.37. The van der Waals surface area contributed by atoms with Gasteiger partial charge in [0.2, 0.25) is 0 Å². The van der Waals surface area contributed by atoms with E-state index < -0.39 is 16.3 Å². The van der Waals surface area contributed by atoms with Gasteiger partial charge >= 0.3 is 16.4 Å². The highest BCUT2D eigenvalue weighted by Crippen LogP contribution is 2.30. The smallest absolute Gasteiger partial charge is 0.446 e. The second-order valence-corrected chi connectivity index (χ2v) is 7.26. The fourth-order valence-corrected chi connectivity index (χ4v) is 3.49. The van der Waals surface area contributed by atoms with E-state index in [0.29, 0.717) is 25.0 Å². The van der Waals surface area contributed by atoms with Crippen LogP contribution in [0.2, 0.25) is 0 Å². The number of cyclic esters (lactones) is 1. The number of aromatic hydroxyl groups is 1. The molecule has 0 radical (unpaired) electrons. The molecule has 0 aliphatic carbocycles. The Labute approximate surface area is 151 Å². The summed E-state index contributed by atoms with van der Waals surface area (Å²) in [7, 11) is -4.60. The van der Waals surface area contributed by atoms with Crippen LogP contribution in [0, 0.1) is 11.8 Å². The molecular formula is C18H18O7S. The maximum absolute atomic E-state index is 12.1. The van der Waals surface area contributed by atoms with Crippen molar-refractivity contribution in [3.8, 4) is 11.5 Å². The minimum Gasteiger partial charge on any atom is -0.508 e. The monoisotopic (exact) mass is 378 g/mol. The van der Waals surface area contributed by atoms with E-state index in [9.17, 15) is 18.3 Å². The first-order chi connectivity index (χ1) is 12.3. The van der Waals surface area contributed by atoms with Gasteiger partial charge in [0.15, 0.2) is 0 Å². The molecule has 138 valence electrons. The van der Waals surface area contributed by atoms with Gasteiger partial charge in [-0.15, -0.1) is 0 Å². The van der Waals surface area contributed by atoms with Crippen LogP contribution in [-0.4, -0.2) is 30.7 Å². The van der Waals surface area contributed by atoms with E-state index in [1.165, 1.54) is 12.1 Å². The van der Waals surface area contributed by atoms with Crippen LogP contribution in [0.1, 0.15) is 11.1 Å². The van der Waals surface area contributed by atoms with Gasteiger partial charge in [0.25, 0.3) is 0 Å². The van der Waals surface area contributed by atoms with Crippen molar-refractivity contribution < 1.29 is 31.8 Å². The maximum Gasteiger partial charge on any atom is 0.446 e. The number of esters is 1. The Balaban J connectivity index is 1.74. The molecule has 2 aromatic rings. The Morgan fingerprint density at radius 2 is 1.77 bits per heavy atom. The summed E-state index contributed by atoms with van der Waals surface area (Å²) in [6.07, 6.45) is 0.928. The lowest BCUT2D eigenvalue weighted by Gasteiger charge is -2.16. The first kappa shape index (κ1) is 18.2. The minimum atomic E-state index is -4.60. The van der Waals surface area contributed by atoms with Crippen LogP contribution in [0.15, 0.2) is 48.5 Å². The zero-order chi connectivity index (χ0) is 18.7. The molecule has 0 unspecified atom stereocenters. The predicted molar refractivity (Wildman–Crippen MR) is 92.1 cm³/mol. The molecule has 0 amide bonds.